The van der Waals surface area contributed by atoms with Crippen LogP contribution in [0.15, 0.2) is 16.7 Å². The number of hydrogen-bond donors (Lipinski definition) is 1. The van der Waals surface area contributed by atoms with Crippen LogP contribution >= 0.6 is 15.9 Å². The van der Waals surface area contributed by atoms with E-state index < -0.39 is 5.97 Å². The molecule has 1 saturated heterocycles. The number of amides is 1. The van der Waals surface area contributed by atoms with Crippen molar-refractivity contribution < 1.29 is 14.7 Å². The minimum atomic E-state index is -0.818. The van der Waals surface area contributed by atoms with Gasteiger partial charge >= 0.3 is 5.97 Å². The predicted octanol–water partition coefficient (Wildman–Crippen LogP) is 1.43. The molecule has 0 unspecified atom stereocenters. The fourth-order valence-electron chi connectivity index (χ4n) is 2.73. The van der Waals surface area contributed by atoms with Gasteiger partial charge in [0.05, 0.1) is 6.54 Å². The zero-order valence-corrected chi connectivity index (χ0v) is 13.3. The van der Waals surface area contributed by atoms with Gasteiger partial charge in [-0.05, 0) is 34.8 Å². The normalized spacial score (nSPS) is 19.8. The molecule has 0 aromatic carbocycles. The van der Waals surface area contributed by atoms with E-state index in [1.165, 1.54) is 0 Å². The number of carbonyl (C=O) groups is 2. The van der Waals surface area contributed by atoms with Crippen LogP contribution in [-0.4, -0.2) is 64.1 Å². The minimum absolute atomic E-state index is 0.0441. The number of halogens is 1. The van der Waals surface area contributed by atoms with E-state index in [1.807, 2.05) is 22.1 Å². The monoisotopic (exact) mass is 355 g/mol. The van der Waals surface area contributed by atoms with Crippen LogP contribution in [0.1, 0.15) is 29.4 Å². The summed E-state index contributed by atoms with van der Waals surface area (Å²) in [6, 6.07) is 2.34. The van der Waals surface area contributed by atoms with E-state index in [1.54, 1.807) is 0 Å². The van der Waals surface area contributed by atoms with Gasteiger partial charge in [0.25, 0.3) is 5.91 Å². The molecular formula is C14H18BrN3O3. The third-order valence-corrected chi connectivity index (χ3v) is 4.43. The molecule has 1 aromatic rings. The van der Waals surface area contributed by atoms with Crippen molar-refractivity contribution in [1.82, 2.24) is 14.4 Å². The smallest absolute Gasteiger partial charge is 0.317 e. The SMILES string of the molecule is O=C(O)CN1CCN(C(=O)c2cc(Br)cn2C2CC2)CC1. The lowest BCUT2D eigenvalue weighted by Gasteiger charge is -2.33. The summed E-state index contributed by atoms with van der Waals surface area (Å²) >= 11 is 3.44. The highest BCUT2D eigenvalue weighted by atomic mass is 79.9. The largest absolute Gasteiger partial charge is 0.480 e. The van der Waals surface area contributed by atoms with Crippen molar-refractivity contribution in [2.75, 3.05) is 32.7 Å². The fraction of sp³-hybridized carbons (Fsp3) is 0.571. The van der Waals surface area contributed by atoms with Crippen molar-refractivity contribution in [2.45, 2.75) is 18.9 Å². The minimum Gasteiger partial charge on any atom is -0.480 e. The summed E-state index contributed by atoms with van der Waals surface area (Å²) in [6.07, 6.45) is 4.24. The lowest BCUT2D eigenvalue weighted by molar-refractivity contribution is -0.138. The summed E-state index contributed by atoms with van der Waals surface area (Å²) in [5.41, 5.74) is 0.732. The summed E-state index contributed by atoms with van der Waals surface area (Å²) in [4.78, 5) is 27.0. The second-order valence-electron chi connectivity index (χ2n) is 5.64. The Labute approximate surface area is 131 Å². The molecule has 1 saturated carbocycles. The lowest BCUT2D eigenvalue weighted by Crippen LogP contribution is -2.50. The topological polar surface area (TPSA) is 65.8 Å². The Bertz CT molecular complexity index is 560. The first-order valence-corrected chi connectivity index (χ1v) is 7.94. The highest BCUT2D eigenvalue weighted by Gasteiger charge is 2.30. The first-order chi connectivity index (χ1) is 10.0. The second-order valence-corrected chi connectivity index (χ2v) is 6.56. The van der Waals surface area contributed by atoms with Crippen LogP contribution in [0.3, 0.4) is 0 Å². The van der Waals surface area contributed by atoms with E-state index in [0.29, 0.717) is 32.2 Å². The van der Waals surface area contributed by atoms with Gasteiger partial charge < -0.3 is 14.6 Å². The van der Waals surface area contributed by atoms with E-state index in [2.05, 4.69) is 20.5 Å². The van der Waals surface area contributed by atoms with Crippen molar-refractivity contribution in [1.29, 1.82) is 0 Å². The van der Waals surface area contributed by atoms with Gasteiger partial charge in [-0.3, -0.25) is 14.5 Å². The second kappa shape index (κ2) is 5.81. The van der Waals surface area contributed by atoms with Crippen LogP contribution in [-0.2, 0) is 4.79 Å². The van der Waals surface area contributed by atoms with Crippen LogP contribution < -0.4 is 0 Å². The van der Waals surface area contributed by atoms with Crippen LogP contribution in [0.4, 0.5) is 0 Å². The molecule has 0 atom stereocenters. The van der Waals surface area contributed by atoms with Crippen molar-refractivity contribution in [3.63, 3.8) is 0 Å². The molecule has 1 aromatic heterocycles. The summed E-state index contributed by atoms with van der Waals surface area (Å²) in [5.74, 6) is -0.774. The van der Waals surface area contributed by atoms with Crippen LogP contribution in [0, 0.1) is 0 Å². The maximum absolute atomic E-state index is 12.6. The first-order valence-electron chi connectivity index (χ1n) is 7.15. The predicted molar refractivity (Wildman–Crippen MR) is 80.4 cm³/mol. The fourth-order valence-corrected chi connectivity index (χ4v) is 3.17. The average molecular weight is 356 g/mol. The van der Waals surface area contributed by atoms with E-state index in [0.717, 1.165) is 23.0 Å². The Morgan fingerprint density at radius 1 is 1.24 bits per heavy atom. The lowest BCUT2D eigenvalue weighted by atomic mass is 10.2. The summed E-state index contributed by atoms with van der Waals surface area (Å²) in [5, 5.41) is 8.80. The van der Waals surface area contributed by atoms with Gasteiger partial charge in [0, 0.05) is 42.9 Å². The Morgan fingerprint density at radius 2 is 1.90 bits per heavy atom. The molecule has 2 fully saturated rings. The molecule has 3 rings (SSSR count). The van der Waals surface area contributed by atoms with Gasteiger partial charge in [-0.1, -0.05) is 0 Å². The summed E-state index contributed by atoms with van der Waals surface area (Å²) in [6.45, 7) is 2.44. The zero-order chi connectivity index (χ0) is 15.0. The molecule has 114 valence electrons. The Kier molecular flexibility index (Phi) is 4.03. The van der Waals surface area contributed by atoms with E-state index >= 15 is 0 Å². The van der Waals surface area contributed by atoms with Crippen molar-refractivity contribution in [3.8, 4) is 0 Å². The number of carboxylic acids is 1. The number of aromatic nitrogens is 1. The average Bonchev–Trinajstić information content (AvgIpc) is 3.21. The Hall–Kier alpha value is -1.34. The van der Waals surface area contributed by atoms with E-state index in [-0.39, 0.29) is 12.5 Å². The molecule has 2 heterocycles. The molecule has 0 bridgehead atoms. The van der Waals surface area contributed by atoms with Gasteiger partial charge in [0.15, 0.2) is 0 Å². The van der Waals surface area contributed by atoms with Crippen molar-refractivity contribution >= 4 is 27.8 Å². The van der Waals surface area contributed by atoms with Crippen LogP contribution in [0.2, 0.25) is 0 Å². The van der Waals surface area contributed by atoms with Gasteiger partial charge in [0.1, 0.15) is 5.69 Å². The molecule has 1 N–H and O–H groups in total. The molecular weight excluding hydrogens is 338 g/mol. The van der Waals surface area contributed by atoms with Crippen LogP contribution in [0.5, 0.6) is 0 Å². The quantitative estimate of drug-likeness (QED) is 0.887. The maximum Gasteiger partial charge on any atom is 0.317 e. The molecule has 0 radical (unpaired) electrons. The molecule has 0 spiro atoms. The molecule has 21 heavy (non-hydrogen) atoms. The van der Waals surface area contributed by atoms with Gasteiger partial charge in [0.2, 0.25) is 0 Å². The van der Waals surface area contributed by atoms with E-state index in [9.17, 15) is 9.59 Å². The van der Waals surface area contributed by atoms with Gasteiger partial charge in [-0.25, -0.2) is 0 Å². The third kappa shape index (κ3) is 3.29. The molecule has 2 aliphatic rings. The molecule has 1 amide bonds. The number of piperazine rings is 1. The van der Waals surface area contributed by atoms with Crippen molar-refractivity contribution in [3.05, 3.63) is 22.4 Å². The number of carboxylic acid groups (broad SMARTS) is 1. The standard InChI is InChI=1S/C14H18BrN3O3/c15-10-7-12(18(8-10)11-1-2-11)14(21)17-5-3-16(4-6-17)9-13(19)20/h7-8,11H,1-6,9H2,(H,19,20). The zero-order valence-electron chi connectivity index (χ0n) is 11.7. The van der Waals surface area contributed by atoms with Crippen molar-refractivity contribution in [2.24, 2.45) is 0 Å². The molecule has 6 nitrogen and oxygen atoms in total. The Balaban J connectivity index is 1.65. The Morgan fingerprint density at radius 3 is 2.48 bits per heavy atom. The summed E-state index contributed by atoms with van der Waals surface area (Å²) in [7, 11) is 0. The number of hydrogen-bond acceptors (Lipinski definition) is 3. The molecule has 7 heteroatoms. The number of rotatable bonds is 4. The molecule has 1 aliphatic heterocycles. The number of carbonyl (C=O) groups excluding carboxylic acids is 1. The summed E-state index contributed by atoms with van der Waals surface area (Å²) < 4.78 is 3.00. The van der Waals surface area contributed by atoms with Gasteiger partial charge in [-0.15, -0.1) is 0 Å². The van der Waals surface area contributed by atoms with Crippen LogP contribution in [0.25, 0.3) is 0 Å². The maximum atomic E-state index is 12.6. The number of nitrogens with zero attached hydrogens (tertiary/aromatic N) is 3. The highest BCUT2D eigenvalue weighted by Crippen LogP contribution is 2.37. The third-order valence-electron chi connectivity index (χ3n) is 3.99. The van der Waals surface area contributed by atoms with Gasteiger partial charge in [-0.2, -0.15) is 0 Å². The first kappa shape index (κ1) is 14.6. The van der Waals surface area contributed by atoms with E-state index in [4.69, 9.17) is 5.11 Å². The highest BCUT2D eigenvalue weighted by molar-refractivity contribution is 9.10. The number of aliphatic carboxylic acids is 1. The molecule has 1 aliphatic carbocycles.